The van der Waals surface area contributed by atoms with Gasteiger partial charge in [0.05, 0.1) is 29.3 Å². The van der Waals surface area contributed by atoms with Crippen LogP contribution < -0.4 is 5.32 Å². The van der Waals surface area contributed by atoms with Crippen molar-refractivity contribution in [2.75, 3.05) is 38.0 Å². The van der Waals surface area contributed by atoms with E-state index in [2.05, 4.69) is 20.2 Å². The van der Waals surface area contributed by atoms with Crippen molar-refractivity contribution in [3.05, 3.63) is 77.4 Å². The molecule has 1 aliphatic rings. The summed E-state index contributed by atoms with van der Waals surface area (Å²) in [4.78, 5) is 17.1. The van der Waals surface area contributed by atoms with E-state index in [1.54, 1.807) is 6.07 Å². The lowest BCUT2D eigenvalue weighted by molar-refractivity contribution is -0.117. The Kier molecular flexibility index (Phi) is 6.44. The number of halogens is 1. The van der Waals surface area contributed by atoms with Gasteiger partial charge in [0.1, 0.15) is 5.82 Å². The van der Waals surface area contributed by atoms with Crippen LogP contribution in [-0.4, -0.2) is 58.2 Å². The Bertz CT molecular complexity index is 1040. The molecule has 0 radical (unpaired) electrons. The van der Waals surface area contributed by atoms with Crippen LogP contribution in [0.15, 0.2) is 54.6 Å². The normalized spacial score (nSPS) is 15.2. The number of aryl methyl sites for hydroxylation is 1. The van der Waals surface area contributed by atoms with E-state index in [0.717, 1.165) is 54.5 Å². The summed E-state index contributed by atoms with van der Waals surface area (Å²) in [5, 5.41) is 7.64. The number of hydrogen-bond acceptors (Lipinski definition) is 4. The number of para-hydroxylation sites is 1. The number of hydrogen-bond donors (Lipinski definition) is 1. The molecule has 3 aromatic rings. The molecule has 6 nitrogen and oxygen atoms in total. The third-order valence-electron chi connectivity index (χ3n) is 5.74. The van der Waals surface area contributed by atoms with Gasteiger partial charge in [-0.3, -0.25) is 14.6 Å². The number of carbonyl (C=O) groups is 1. The van der Waals surface area contributed by atoms with Crippen molar-refractivity contribution >= 4 is 11.6 Å². The van der Waals surface area contributed by atoms with E-state index in [9.17, 15) is 9.18 Å². The molecule has 7 heteroatoms. The molecule has 0 spiro atoms. The summed E-state index contributed by atoms with van der Waals surface area (Å²) in [5.74, 6) is -0.201. The molecule has 31 heavy (non-hydrogen) atoms. The quantitative estimate of drug-likeness (QED) is 0.663. The van der Waals surface area contributed by atoms with Gasteiger partial charge in [-0.1, -0.05) is 36.4 Å². The molecule has 0 saturated carbocycles. The number of aromatic nitrogens is 2. The van der Waals surface area contributed by atoms with Crippen molar-refractivity contribution < 1.29 is 9.18 Å². The van der Waals surface area contributed by atoms with Crippen LogP contribution in [0.4, 0.5) is 10.1 Å². The van der Waals surface area contributed by atoms with Crippen molar-refractivity contribution in [1.82, 2.24) is 19.6 Å². The minimum absolute atomic E-state index is 0.0404. The third kappa shape index (κ3) is 5.00. The predicted octanol–water partition coefficient (Wildman–Crippen LogP) is 3.38. The molecule has 1 N–H and O–H groups in total. The van der Waals surface area contributed by atoms with Crippen LogP contribution in [0, 0.1) is 19.7 Å². The minimum Gasteiger partial charge on any atom is -0.322 e. The van der Waals surface area contributed by atoms with Crippen molar-refractivity contribution in [3.63, 3.8) is 0 Å². The Balaban J connectivity index is 1.31. The van der Waals surface area contributed by atoms with Crippen LogP contribution >= 0.6 is 0 Å². The fourth-order valence-electron chi connectivity index (χ4n) is 4.00. The maximum Gasteiger partial charge on any atom is 0.238 e. The summed E-state index contributed by atoms with van der Waals surface area (Å²) in [6.45, 7) is 7.99. The SMILES string of the molecule is Cc1nn(-c2ccccc2)c(C)c1NC(=O)CN1CCN(Cc2ccccc2F)CC1. The molecular formula is C24H28FN5O. The van der Waals surface area contributed by atoms with Gasteiger partial charge >= 0.3 is 0 Å². The molecular weight excluding hydrogens is 393 g/mol. The van der Waals surface area contributed by atoms with E-state index in [4.69, 9.17) is 0 Å². The minimum atomic E-state index is -0.161. The molecule has 0 aliphatic carbocycles. The molecule has 0 bridgehead atoms. The summed E-state index contributed by atoms with van der Waals surface area (Å²) in [6.07, 6.45) is 0. The number of carbonyl (C=O) groups excluding carboxylic acids is 1. The molecule has 1 aliphatic heterocycles. The predicted molar refractivity (Wildman–Crippen MR) is 120 cm³/mol. The molecule has 2 aromatic carbocycles. The number of benzene rings is 2. The van der Waals surface area contributed by atoms with Crippen molar-refractivity contribution in [3.8, 4) is 5.69 Å². The second kappa shape index (κ2) is 9.41. The number of nitrogens with zero attached hydrogens (tertiary/aromatic N) is 4. The first-order valence-corrected chi connectivity index (χ1v) is 10.6. The first-order valence-electron chi connectivity index (χ1n) is 10.6. The Morgan fingerprint density at radius 1 is 0.968 bits per heavy atom. The highest BCUT2D eigenvalue weighted by Crippen LogP contribution is 2.22. The summed E-state index contributed by atoms with van der Waals surface area (Å²) >= 11 is 0. The van der Waals surface area contributed by atoms with E-state index < -0.39 is 0 Å². The molecule has 162 valence electrons. The highest BCUT2D eigenvalue weighted by Gasteiger charge is 2.21. The Morgan fingerprint density at radius 3 is 2.32 bits per heavy atom. The molecule has 1 saturated heterocycles. The third-order valence-corrected chi connectivity index (χ3v) is 5.74. The van der Waals surface area contributed by atoms with Crippen LogP contribution in [-0.2, 0) is 11.3 Å². The maximum absolute atomic E-state index is 13.9. The highest BCUT2D eigenvalue weighted by molar-refractivity contribution is 5.93. The lowest BCUT2D eigenvalue weighted by atomic mass is 10.2. The van der Waals surface area contributed by atoms with E-state index in [1.807, 2.05) is 61.0 Å². The standard InChI is InChI=1S/C24H28FN5O/c1-18-24(19(2)30(27-18)21-9-4-3-5-10-21)26-23(31)17-29-14-12-28(13-15-29)16-20-8-6-7-11-22(20)25/h3-11H,12-17H2,1-2H3,(H,26,31). The summed E-state index contributed by atoms with van der Waals surface area (Å²) in [5.41, 5.74) is 4.16. The summed E-state index contributed by atoms with van der Waals surface area (Å²) in [6, 6.07) is 16.8. The number of nitrogens with one attached hydrogen (secondary N) is 1. The first-order chi connectivity index (χ1) is 15.0. The fraction of sp³-hybridized carbons (Fsp3) is 0.333. The van der Waals surface area contributed by atoms with Gasteiger partial charge in [0, 0.05) is 38.3 Å². The van der Waals surface area contributed by atoms with E-state index in [0.29, 0.717) is 13.1 Å². The Hall–Kier alpha value is -3.03. The van der Waals surface area contributed by atoms with E-state index in [-0.39, 0.29) is 11.7 Å². The number of rotatable bonds is 6. The molecule has 0 atom stereocenters. The summed E-state index contributed by atoms with van der Waals surface area (Å²) in [7, 11) is 0. The number of anilines is 1. The van der Waals surface area contributed by atoms with Gasteiger partial charge < -0.3 is 5.32 Å². The Morgan fingerprint density at radius 2 is 1.61 bits per heavy atom. The smallest absolute Gasteiger partial charge is 0.238 e. The Labute approximate surface area is 182 Å². The van der Waals surface area contributed by atoms with Gasteiger partial charge in [-0.25, -0.2) is 9.07 Å². The van der Waals surface area contributed by atoms with Crippen LogP contribution in [0.25, 0.3) is 5.69 Å². The number of amides is 1. The lowest BCUT2D eigenvalue weighted by Crippen LogP contribution is -2.48. The first kappa shape index (κ1) is 21.2. The van der Waals surface area contributed by atoms with Gasteiger partial charge in [0.25, 0.3) is 0 Å². The zero-order valence-electron chi connectivity index (χ0n) is 18.0. The maximum atomic E-state index is 13.9. The van der Waals surface area contributed by atoms with Gasteiger partial charge in [-0.15, -0.1) is 0 Å². The average Bonchev–Trinajstić information content (AvgIpc) is 3.05. The topological polar surface area (TPSA) is 53.4 Å². The van der Waals surface area contributed by atoms with Crippen LogP contribution in [0.1, 0.15) is 17.0 Å². The molecule has 4 rings (SSSR count). The number of piperazine rings is 1. The molecule has 0 unspecified atom stereocenters. The average molecular weight is 422 g/mol. The molecule has 1 fully saturated rings. The zero-order valence-corrected chi connectivity index (χ0v) is 18.0. The highest BCUT2D eigenvalue weighted by atomic mass is 19.1. The van der Waals surface area contributed by atoms with Gasteiger partial charge in [0.2, 0.25) is 5.91 Å². The second-order valence-electron chi connectivity index (χ2n) is 7.99. The van der Waals surface area contributed by atoms with Crippen LogP contribution in [0.3, 0.4) is 0 Å². The van der Waals surface area contributed by atoms with Crippen LogP contribution in [0.5, 0.6) is 0 Å². The van der Waals surface area contributed by atoms with E-state index in [1.165, 1.54) is 6.07 Å². The van der Waals surface area contributed by atoms with Crippen molar-refractivity contribution in [1.29, 1.82) is 0 Å². The van der Waals surface area contributed by atoms with Gasteiger partial charge in [0.15, 0.2) is 0 Å². The van der Waals surface area contributed by atoms with Gasteiger partial charge in [-0.2, -0.15) is 5.10 Å². The van der Waals surface area contributed by atoms with Crippen LogP contribution in [0.2, 0.25) is 0 Å². The monoisotopic (exact) mass is 421 g/mol. The molecule has 1 aromatic heterocycles. The molecule has 2 heterocycles. The zero-order chi connectivity index (χ0) is 21.8. The molecule has 1 amide bonds. The summed E-state index contributed by atoms with van der Waals surface area (Å²) < 4.78 is 15.7. The fourth-order valence-corrected chi connectivity index (χ4v) is 4.00. The second-order valence-corrected chi connectivity index (χ2v) is 7.99. The van der Waals surface area contributed by atoms with Crippen molar-refractivity contribution in [2.45, 2.75) is 20.4 Å². The van der Waals surface area contributed by atoms with E-state index >= 15 is 0 Å². The lowest BCUT2D eigenvalue weighted by Gasteiger charge is -2.34. The largest absolute Gasteiger partial charge is 0.322 e. The van der Waals surface area contributed by atoms with Gasteiger partial charge in [-0.05, 0) is 32.0 Å². The van der Waals surface area contributed by atoms with Crippen molar-refractivity contribution in [2.24, 2.45) is 0 Å².